The second-order valence-electron chi connectivity index (χ2n) is 5.44. The Labute approximate surface area is 128 Å². The Kier molecular flexibility index (Phi) is 5.35. The third kappa shape index (κ3) is 3.75. The molecule has 2 fully saturated rings. The number of rotatable bonds is 4. The molecular weight excluding hydrogens is 290 g/mol. The van der Waals surface area contributed by atoms with Gasteiger partial charge >= 0.3 is 6.09 Å². The lowest BCUT2D eigenvalue weighted by molar-refractivity contribution is -0.148. The molecular formula is C14H21N3O5. The van der Waals surface area contributed by atoms with E-state index in [0.717, 1.165) is 12.8 Å². The Hall–Kier alpha value is -2.12. The van der Waals surface area contributed by atoms with Crippen LogP contribution in [0.4, 0.5) is 4.79 Å². The highest BCUT2D eigenvalue weighted by molar-refractivity contribution is 6.02. The Bertz CT molecular complexity index is 479. The number of piperidine rings is 1. The number of hydrogen-bond donors (Lipinski definition) is 1. The molecule has 0 spiro atoms. The molecule has 22 heavy (non-hydrogen) atoms. The predicted molar refractivity (Wildman–Crippen MR) is 75.7 cm³/mol. The van der Waals surface area contributed by atoms with Gasteiger partial charge in [0.2, 0.25) is 17.7 Å². The first-order chi connectivity index (χ1) is 10.5. The van der Waals surface area contributed by atoms with Crippen LogP contribution in [0.1, 0.15) is 32.6 Å². The number of piperazine rings is 1. The van der Waals surface area contributed by atoms with Gasteiger partial charge in [-0.05, 0) is 12.8 Å². The van der Waals surface area contributed by atoms with Gasteiger partial charge in [0, 0.05) is 19.5 Å². The molecule has 2 aliphatic heterocycles. The lowest BCUT2D eigenvalue weighted by atomic mass is 10.0. The minimum absolute atomic E-state index is 0.0946. The van der Waals surface area contributed by atoms with Gasteiger partial charge in [-0.1, -0.05) is 13.3 Å². The Morgan fingerprint density at radius 2 is 2.09 bits per heavy atom. The molecule has 1 unspecified atom stereocenters. The van der Waals surface area contributed by atoms with E-state index in [1.54, 1.807) is 0 Å². The lowest BCUT2D eigenvalue weighted by Gasteiger charge is -2.38. The van der Waals surface area contributed by atoms with E-state index in [0.29, 0.717) is 19.6 Å². The van der Waals surface area contributed by atoms with Crippen LogP contribution < -0.4 is 5.32 Å². The van der Waals surface area contributed by atoms with E-state index in [1.807, 2.05) is 6.92 Å². The van der Waals surface area contributed by atoms with Crippen LogP contribution in [0.3, 0.4) is 0 Å². The quantitative estimate of drug-likeness (QED) is 0.576. The van der Waals surface area contributed by atoms with Crippen molar-refractivity contribution in [2.24, 2.45) is 0 Å². The monoisotopic (exact) mass is 311 g/mol. The number of amides is 4. The van der Waals surface area contributed by atoms with Crippen molar-refractivity contribution in [2.45, 2.75) is 38.6 Å². The van der Waals surface area contributed by atoms with Crippen LogP contribution in [-0.2, 0) is 19.1 Å². The number of carbonyl (C=O) groups excluding carboxylic acids is 4. The van der Waals surface area contributed by atoms with Crippen LogP contribution in [0.5, 0.6) is 0 Å². The van der Waals surface area contributed by atoms with Gasteiger partial charge in [0.25, 0.3) is 0 Å². The third-order valence-corrected chi connectivity index (χ3v) is 3.83. The van der Waals surface area contributed by atoms with Gasteiger partial charge in [-0.15, -0.1) is 0 Å². The maximum atomic E-state index is 12.2. The van der Waals surface area contributed by atoms with Gasteiger partial charge in [0.1, 0.15) is 12.6 Å². The molecule has 2 heterocycles. The summed E-state index contributed by atoms with van der Waals surface area (Å²) in [7, 11) is 0. The molecule has 1 N–H and O–H groups in total. The molecule has 0 bridgehead atoms. The molecule has 0 aromatic rings. The standard InChI is InChI=1S/C14H21N3O5/c1-2-3-8-22-14(21)16-6-7-17(12(19)9-16)10-4-5-11(18)15-13(10)20/h10H,2-9H2,1H3,(H,15,18,20). The minimum Gasteiger partial charge on any atom is -0.449 e. The van der Waals surface area contributed by atoms with Crippen LogP contribution in [0, 0.1) is 0 Å². The van der Waals surface area contributed by atoms with Crippen LogP contribution in [0.25, 0.3) is 0 Å². The summed E-state index contributed by atoms with van der Waals surface area (Å²) in [4.78, 5) is 49.7. The van der Waals surface area contributed by atoms with Gasteiger partial charge < -0.3 is 9.64 Å². The summed E-state index contributed by atoms with van der Waals surface area (Å²) < 4.78 is 5.08. The van der Waals surface area contributed by atoms with Crippen LogP contribution in [0.15, 0.2) is 0 Å². The Morgan fingerprint density at radius 3 is 2.73 bits per heavy atom. The molecule has 4 amide bonds. The fourth-order valence-electron chi connectivity index (χ4n) is 2.55. The number of imide groups is 1. The molecule has 2 aliphatic rings. The molecule has 2 rings (SSSR count). The topological polar surface area (TPSA) is 96.0 Å². The van der Waals surface area contributed by atoms with Gasteiger partial charge in [-0.25, -0.2) is 4.79 Å². The second-order valence-corrected chi connectivity index (χ2v) is 5.44. The number of hydrogen-bond acceptors (Lipinski definition) is 5. The van der Waals surface area contributed by atoms with E-state index in [2.05, 4.69) is 5.32 Å². The van der Waals surface area contributed by atoms with Gasteiger partial charge in [0.15, 0.2) is 0 Å². The van der Waals surface area contributed by atoms with E-state index in [4.69, 9.17) is 4.74 Å². The van der Waals surface area contributed by atoms with E-state index in [9.17, 15) is 19.2 Å². The molecule has 0 aliphatic carbocycles. The van der Waals surface area contributed by atoms with Crippen molar-refractivity contribution in [3.05, 3.63) is 0 Å². The number of nitrogens with one attached hydrogen (secondary N) is 1. The molecule has 0 radical (unpaired) electrons. The molecule has 0 aromatic carbocycles. The summed E-state index contributed by atoms with van der Waals surface area (Å²) in [6, 6.07) is -0.622. The Balaban J connectivity index is 1.87. The average Bonchev–Trinajstić information content (AvgIpc) is 2.48. The zero-order valence-electron chi connectivity index (χ0n) is 12.7. The van der Waals surface area contributed by atoms with Crippen molar-refractivity contribution in [1.82, 2.24) is 15.1 Å². The van der Waals surface area contributed by atoms with Crippen molar-refractivity contribution in [2.75, 3.05) is 26.2 Å². The first kappa shape index (κ1) is 16.3. The minimum atomic E-state index is -0.622. The van der Waals surface area contributed by atoms with E-state index in [-0.39, 0.29) is 31.3 Å². The zero-order valence-corrected chi connectivity index (χ0v) is 12.7. The van der Waals surface area contributed by atoms with E-state index < -0.39 is 18.0 Å². The number of ether oxygens (including phenoxy) is 1. The third-order valence-electron chi connectivity index (χ3n) is 3.83. The van der Waals surface area contributed by atoms with Crippen molar-refractivity contribution in [1.29, 1.82) is 0 Å². The smallest absolute Gasteiger partial charge is 0.410 e. The van der Waals surface area contributed by atoms with Crippen molar-refractivity contribution in [3.63, 3.8) is 0 Å². The van der Waals surface area contributed by atoms with Crippen LogP contribution >= 0.6 is 0 Å². The summed E-state index contributed by atoms with van der Waals surface area (Å²) in [5.41, 5.74) is 0. The molecule has 8 nitrogen and oxygen atoms in total. The lowest BCUT2D eigenvalue weighted by Crippen LogP contribution is -2.60. The first-order valence-corrected chi connectivity index (χ1v) is 7.57. The molecule has 2 saturated heterocycles. The fourth-order valence-corrected chi connectivity index (χ4v) is 2.55. The van der Waals surface area contributed by atoms with E-state index >= 15 is 0 Å². The normalized spacial score (nSPS) is 22.6. The highest BCUT2D eigenvalue weighted by atomic mass is 16.6. The summed E-state index contributed by atoms with van der Waals surface area (Å²) >= 11 is 0. The largest absolute Gasteiger partial charge is 0.449 e. The number of unbranched alkanes of at least 4 members (excludes halogenated alkanes) is 1. The molecule has 8 heteroatoms. The van der Waals surface area contributed by atoms with Gasteiger partial charge in [-0.2, -0.15) is 0 Å². The molecule has 1 atom stereocenters. The Morgan fingerprint density at radius 1 is 1.32 bits per heavy atom. The second kappa shape index (κ2) is 7.24. The summed E-state index contributed by atoms with van der Waals surface area (Å²) in [5.74, 6) is -1.05. The zero-order chi connectivity index (χ0) is 16.1. The van der Waals surface area contributed by atoms with Crippen LogP contribution in [0.2, 0.25) is 0 Å². The number of nitrogens with zero attached hydrogens (tertiary/aromatic N) is 2. The average molecular weight is 311 g/mol. The van der Waals surface area contributed by atoms with Crippen molar-refractivity contribution < 1.29 is 23.9 Å². The predicted octanol–water partition coefficient (Wildman–Crippen LogP) is -0.127. The molecule has 0 aromatic heterocycles. The van der Waals surface area contributed by atoms with Crippen LogP contribution in [-0.4, -0.2) is 65.9 Å². The molecule has 0 saturated carbocycles. The van der Waals surface area contributed by atoms with Gasteiger partial charge in [-0.3, -0.25) is 24.6 Å². The summed E-state index contributed by atoms with van der Waals surface area (Å²) in [6.07, 6.45) is 1.77. The summed E-state index contributed by atoms with van der Waals surface area (Å²) in [6.45, 7) is 2.85. The van der Waals surface area contributed by atoms with Gasteiger partial charge in [0.05, 0.1) is 6.61 Å². The summed E-state index contributed by atoms with van der Waals surface area (Å²) in [5, 5.41) is 2.24. The SMILES string of the molecule is CCCCOC(=O)N1CCN(C2CCC(=O)NC2=O)C(=O)C1. The van der Waals surface area contributed by atoms with E-state index in [1.165, 1.54) is 9.80 Å². The van der Waals surface area contributed by atoms with Crippen molar-refractivity contribution in [3.8, 4) is 0 Å². The maximum absolute atomic E-state index is 12.2. The fraction of sp³-hybridized carbons (Fsp3) is 0.714. The number of carbonyl (C=O) groups is 4. The highest BCUT2D eigenvalue weighted by Gasteiger charge is 2.38. The highest BCUT2D eigenvalue weighted by Crippen LogP contribution is 2.16. The molecule has 122 valence electrons. The maximum Gasteiger partial charge on any atom is 0.410 e. The van der Waals surface area contributed by atoms with Crippen molar-refractivity contribution >= 4 is 23.8 Å². The first-order valence-electron chi connectivity index (χ1n) is 7.57.